The molecule has 7 nitrogen and oxygen atoms in total. The Hall–Kier alpha value is -3.35. The van der Waals surface area contributed by atoms with Gasteiger partial charge in [-0.3, -0.25) is 14.3 Å². The molecule has 1 atom stereocenters. The first-order chi connectivity index (χ1) is 12.7. The van der Waals surface area contributed by atoms with Crippen molar-refractivity contribution in [3.8, 4) is 6.07 Å². The number of rotatable bonds is 6. The predicted octanol–water partition coefficient (Wildman–Crippen LogP) is 1.42. The van der Waals surface area contributed by atoms with Crippen LogP contribution in [0.4, 0.5) is 13.2 Å². The van der Waals surface area contributed by atoms with Gasteiger partial charge in [-0.05, 0) is 5.56 Å². The lowest BCUT2D eigenvalue weighted by Crippen LogP contribution is -2.48. The summed E-state index contributed by atoms with van der Waals surface area (Å²) in [6.45, 7) is -0.260. The van der Waals surface area contributed by atoms with Crippen LogP contribution in [0.3, 0.4) is 0 Å². The molecule has 1 aromatic heterocycles. The Balaban J connectivity index is 2.21. The molecule has 0 bridgehead atoms. The number of aromatic nitrogens is 2. The summed E-state index contributed by atoms with van der Waals surface area (Å²) in [4.78, 5) is 24.6. The number of amides is 2. The molecule has 0 fully saturated rings. The van der Waals surface area contributed by atoms with E-state index in [0.717, 1.165) is 10.2 Å². The lowest BCUT2D eigenvalue weighted by molar-refractivity contribution is -0.141. The van der Waals surface area contributed by atoms with Crippen molar-refractivity contribution in [2.24, 2.45) is 7.05 Å². The molecule has 0 unspecified atom stereocenters. The molecule has 2 amide bonds. The zero-order valence-corrected chi connectivity index (χ0v) is 14.2. The first-order valence-electron chi connectivity index (χ1n) is 7.83. The van der Waals surface area contributed by atoms with Crippen molar-refractivity contribution in [3.05, 3.63) is 53.3 Å². The lowest BCUT2D eigenvalue weighted by Gasteiger charge is -2.18. The maximum atomic E-state index is 12.8. The Morgan fingerprint density at radius 3 is 2.52 bits per heavy atom. The zero-order valence-electron chi connectivity index (χ0n) is 14.2. The van der Waals surface area contributed by atoms with Crippen LogP contribution >= 0.6 is 0 Å². The fourth-order valence-electron chi connectivity index (χ4n) is 2.36. The van der Waals surface area contributed by atoms with Gasteiger partial charge in [-0.25, -0.2) is 0 Å². The van der Waals surface area contributed by atoms with Crippen LogP contribution in [0, 0.1) is 11.3 Å². The van der Waals surface area contributed by atoms with Gasteiger partial charge in [0, 0.05) is 19.5 Å². The second-order valence-electron chi connectivity index (χ2n) is 5.63. The van der Waals surface area contributed by atoms with E-state index in [-0.39, 0.29) is 18.7 Å². The molecular weight excluding hydrogens is 363 g/mol. The first kappa shape index (κ1) is 20.0. The summed E-state index contributed by atoms with van der Waals surface area (Å²) in [6, 6.07) is 10.0. The van der Waals surface area contributed by atoms with Gasteiger partial charge in [0.1, 0.15) is 18.3 Å². The van der Waals surface area contributed by atoms with Gasteiger partial charge in [0.15, 0.2) is 5.69 Å². The number of nitrogens with one attached hydrogen (secondary N) is 2. The summed E-state index contributed by atoms with van der Waals surface area (Å²) in [5, 5.41) is 16.6. The lowest BCUT2D eigenvalue weighted by atomic mass is 10.0. The largest absolute Gasteiger partial charge is 0.435 e. The van der Waals surface area contributed by atoms with Gasteiger partial charge in [-0.15, -0.1) is 0 Å². The van der Waals surface area contributed by atoms with Crippen LogP contribution in [0.2, 0.25) is 0 Å². The molecule has 1 heterocycles. The highest BCUT2D eigenvalue weighted by Gasteiger charge is 2.35. The van der Waals surface area contributed by atoms with Crippen molar-refractivity contribution in [2.45, 2.75) is 18.6 Å². The third-order valence-corrected chi connectivity index (χ3v) is 3.65. The minimum atomic E-state index is -4.69. The quantitative estimate of drug-likeness (QED) is 0.742. The SMILES string of the molecule is Cn1nc(C(F)(F)F)cc1C(=O)N[C@@H](Cc1ccccc1)C(=O)NCC#N. The molecule has 0 saturated carbocycles. The van der Waals surface area contributed by atoms with E-state index < -0.39 is 29.7 Å². The third-order valence-electron chi connectivity index (χ3n) is 3.65. The van der Waals surface area contributed by atoms with Crippen molar-refractivity contribution in [3.63, 3.8) is 0 Å². The van der Waals surface area contributed by atoms with Crippen LogP contribution in [0.25, 0.3) is 0 Å². The van der Waals surface area contributed by atoms with Gasteiger partial charge in [-0.2, -0.15) is 23.5 Å². The average molecular weight is 379 g/mol. The Morgan fingerprint density at radius 2 is 1.96 bits per heavy atom. The number of hydrogen-bond acceptors (Lipinski definition) is 4. The molecule has 0 aliphatic rings. The molecule has 0 saturated heterocycles. The van der Waals surface area contributed by atoms with Crippen LogP contribution in [-0.4, -0.2) is 34.2 Å². The number of nitriles is 1. The fourth-order valence-corrected chi connectivity index (χ4v) is 2.36. The molecule has 2 aromatic rings. The van der Waals surface area contributed by atoms with Crippen LogP contribution in [0.5, 0.6) is 0 Å². The molecule has 142 valence electrons. The Bertz CT molecular complexity index is 856. The number of benzene rings is 1. The minimum Gasteiger partial charge on any atom is -0.341 e. The third kappa shape index (κ3) is 5.31. The van der Waals surface area contributed by atoms with Crippen LogP contribution < -0.4 is 10.6 Å². The number of halogens is 3. The normalized spacial score (nSPS) is 12.1. The van der Waals surface area contributed by atoms with Crippen LogP contribution in [0.1, 0.15) is 21.7 Å². The standard InChI is InChI=1S/C17H16F3N5O2/c1-25-13(10-14(24-25)17(18,19)20)16(27)23-12(15(26)22-8-7-21)9-11-5-3-2-4-6-11/h2-6,10,12H,8-9H2,1H3,(H,22,26)(H,23,27)/t12-/m0/s1. The molecule has 0 aliphatic carbocycles. The molecule has 0 spiro atoms. The highest BCUT2D eigenvalue weighted by atomic mass is 19.4. The molecule has 0 radical (unpaired) electrons. The van der Waals surface area contributed by atoms with E-state index in [1.165, 1.54) is 7.05 Å². The monoisotopic (exact) mass is 379 g/mol. The van der Waals surface area contributed by atoms with Crippen molar-refractivity contribution in [1.29, 1.82) is 5.26 Å². The van der Waals surface area contributed by atoms with Crippen molar-refractivity contribution >= 4 is 11.8 Å². The van der Waals surface area contributed by atoms with Gasteiger partial charge in [0.05, 0.1) is 6.07 Å². The van der Waals surface area contributed by atoms with E-state index in [4.69, 9.17) is 5.26 Å². The topological polar surface area (TPSA) is 99.8 Å². The number of nitrogens with zero attached hydrogens (tertiary/aromatic N) is 3. The van der Waals surface area contributed by atoms with Crippen molar-refractivity contribution in [2.75, 3.05) is 6.54 Å². The first-order valence-corrected chi connectivity index (χ1v) is 7.83. The summed E-state index contributed by atoms with van der Waals surface area (Å²) in [6.07, 6.45) is -4.59. The molecule has 10 heteroatoms. The minimum absolute atomic E-state index is 0.105. The summed E-state index contributed by atoms with van der Waals surface area (Å²) >= 11 is 0. The molecular formula is C17H16F3N5O2. The fraction of sp³-hybridized carbons (Fsp3) is 0.294. The van der Waals surface area contributed by atoms with E-state index >= 15 is 0 Å². The second kappa shape index (κ2) is 8.35. The van der Waals surface area contributed by atoms with E-state index in [1.807, 2.05) is 0 Å². The van der Waals surface area contributed by atoms with E-state index in [9.17, 15) is 22.8 Å². The Morgan fingerprint density at radius 1 is 1.30 bits per heavy atom. The highest BCUT2D eigenvalue weighted by molar-refractivity contribution is 5.96. The Kier molecular flexibility index (Phi) is 6.18. The number of aryl methyl sites for hydroxylation is 1. The molecule has 0 aliphatic heterocycles. The van der Waals surface area contributed by atoms with Gasteiger partial charge in [0.2, 0.25) is 5.91 Å². The average Bonchev–Trinajstić information content (AvgIpc) is 3.02. The number of carbonyl (C=O) groups excluding carboxylic acids is 2. The smallest absolute Gasteiger partial charge is 0.341 e. The van der Waals surface area contributed by atoms with Crippen LogP contribution in [0.15, 0.2) is 36.4 Å². The number of alkyl halides is 3. The molecule has 1 aromatic carbocycles. The second-order valence-corrected chi connectivity index (χ2v) is 5.63. The number of carbonyl (C=O) groups is 2. The van der Waals surface area contributed by atoms with E-state index in [0.29, 0.717) is 6.07 Å². The summed E-state index contributed by atoms with van der Waals surface area (Å²) in [5.74, 6) is -1.50. The summed E-state index contributed by atoms with van der Waals surface area (Å²) < 4.78 is 39.1. The van der Waals surface area contributed by atoms with Gasteiger partial charge < -0.3 is 10.6 Å². The van der Waals surface area contributed by atoms with Gasteiger partial charge in [-0.1, -0.05) is 30.3 Å². The van der Waals surface area contributed by atoms with E-state index in [1.54, 1.807) is 36.4 Å². The zero-order chi connectivity index (χ0) is 20.0. The van der Waals surface area contributed by atoms with Crippen molar-refractivity contribution < 1.29 is 22.8 Å². The Labute approximate surface area is 152 Å². The molecule has 2 rings (SSSR count). The highest BCUT2D eigenvalue weighted by Crippen LogP contribution is 2.28. The van der Waals surface area contributed by atoms with E-state index in [2.05, 4.69) is 15.7 Å². The maximum Gasteiger partial charge on any atom is 0.435 e. The predicted molar refractivity (Wildman–Crippen MR) is 88.2 cm³/mol. The van der Waals surface area contributed by atoms with Crippen LogP contribution in [-0.2, 0) is 24.4 Å². The maximum absolute atomic E-state index is 12.8. The van der Waals surface area contributed by atoms with Gasteiger partial charge >= 0.3 is 6.18 Å². The molecule has 2 N–H and O–H groups in total. The molecule has 27 heavy (non-hydrogen) atoms. The summed E-state index contributed by atoms with van der Waals surface area (Å²) in [7, 11) is 1.20. The number of hydrogen-bond donors (Lipinski definition) is 2. The van der Waals surface area contributed by atoms with Crippen molar-refractivity contribution in [1.82, 2.24) is 20.4 Å². The van der Waals surface area contributed by atoms with Gasteiger partial charge in [0.25, 0.3) is 5.91 Å². The summed E-state index contributed by atoms with van der Waals surface area (Å²) in [5.41, 5.74) is -0.812.